The van der Waals surface area contributed by atoms with Crippen LogP contribution in [0.4, 0.5) is 11.4 Å². The van der Waals surface area contributed by atoms with Crippen molar-refractivity contribution in [2.24, 2.45) is 0 Å². The van der Waals surface area contributed by atoms with Gasteiger partial charge in [-0.2, -0.15) is 0 Å². The van der Waals surface area contributed by atoms with Crippen molar-refractivity contribution in [3.05, 3.63) is 38.9 Å². The Labute approximate surface area is 137 Å². The number of β-amino-alcohol motifs (C(OH)–C–C–N with tert-alkyl or cyclic N) is 1. The molecule has 1 aromatic heterocycles. The Balaban J connectivity index is 1.93. The predicted octanol–water partition coefficient (Wildman–Crippen LogP) is 0.334. The molecule has 2 N–H and O–H groups in total. The van der Waals surface area contributed by atoms with Gasteiger partial charge in [0.1, 0.15) is 5.69 Å². The molecule has 3 rings (SSSR count). The third-order valence-electron chi connectivity index (χ3n) is 4.17. The topological polar surface area (TPSA) is 116 Å². The SMILES string of the molecule is C[C@@H](O)CN1CCN(c2cc3nc[nH]c(=O)c3cc2[N+](=O)[O-])CC1. The number of aliphatic hydroxyl groups excluding tert-OH is 1. The summed E-state index contributed by atoms with van der Waals surface area (Å²) in [4.78, 5) is 33.4. The van der Waals surface area contributed by atoms with Crippen molar-refractivity contribution in [1.82, 2.24) is 14.9 Å². The number of H-pyrrole nitrogens is 1. The standard InChI is InChI=1S/C15H19N5O4/c1-10(21)8-18-2-4-19(5-3-18)13-7-12-11(6-14(13)20(23)24)15(22)17-9-16-12/h6-7,9-10,21H,2-5,8H2,1H3,(H,16,17,22)/t10-/m1/s1. The van der Waals surface area contributed by atoms with Crippen LogP contribution in [0.15, 0.2) is 23.3 Å². The number of hydrogen-bond donors (Lipinski definition) is 2. The van der Waals surface area contributed by atoms with Crippen LogP contribution >= 0.6 is 0 Å². The van der Waals surface area contributed by atoms with Gasteiger partial charge in [0.15, 0.2) is 0 Å². The van der Waals surface area contributed by atoms with Gasteiger partial charge in [-0.05, 0) is 13.0 Å². The summed E-state index contributed by atoms with van der Waals surface area (Å²) in [6.07, 6.45) is 0.892. The highest BCUT2D eigenvalue weighted by Gasteiger charge is 2.25. The Morgan fingerprint density at radius 2 is 2.08 bits per heavy atom. The molecule has 24 heavy (non-hydrogen) atoms. The fourth-order valence-electron chi connectivity index (χ4n) is 3.04. The van der Waals surface area contributed by atoms with Crippen molar-refractivity contribution < 1.29 is 10.0 Å². The van der Waals surface area contributed by atoms with Gasteiger partial charge in [-0.3, -0.25) is 19.8 Å². The minimum absolute atomic E-state index is 0.0926. The highest BCUT2D eigenvalue weighted by Crippen LogP contribution is 2.31. The molecule has 0 amide bonds. The van der Waals surface area contributed by atoms with Crippen LogP contribution in [-0.4, -0.2) is 63.7 Å². The van der Waals surface area contributed by atoms with Gasteiger partial charge in [0.05, 0.1) is 28.3 Å². The molecule has 2 aromatic rings. The maximum absolute atomic E-state index is 11.8. The molecule has 1 aromatic carbocycles. The van der Waals surface area contributed by atoms with Crippen molar-refractivity contribution in [3.63, 3.8) is 0 Å². The van der Waals surface area contributed by atoms with E-state index in [2.05, 4.69) is 14.9 Å². The van der Waals surface area contributed by atoms with Crippen molar-refractivity contribution in [1.29, 1.82) is 0 Å². The first-order chi connectivity index (χ1) is 11.5. The molecule has 0 aliphatic carbocycles. The Morgan fingerprint density at radius 1 is 1.38 bits per heavy atom. The molecule has 0 saturated carbocycles. The third kappa shape index (κ3) is 3.22. The lowest BCUT2D eigenvalue weighted by Gasteiger charge is -2.36. The fourth-order valence-corrected chi connectivity index (χ4v) is 3.04. The van der Waals surface area contributed by atoms with Gasteiger partial charge in [0, 0.05) is 38.8 Å². The number of nitro groups is 1. The monoisotopic (exact) mass is 333 g/mol. The van der Waals surface area contributed by atoms with E-state index in [1.54, 1.807) is 13.0 Å². The number of anilines is 1. The van der Waals surface area contributed by atoms with Gasteiger partial charge in [0.25, 0.3) is 11.2 Å². The summed E-state index contributed by atoms with van der Waals surface area (Å²) in [5, 5.41) is 21.1. The number of aromatic amines is 1. The second-order valence-corrected chi connectivity index (χ2v) is 5.98. The highest BCUT2D eigenvalue weighted by molar-refractivity contribution is 5.87. The summed E-state index contributed by atoms with van der Waals surface area (Å²) in [6, 6.07) is 2.89. The molecule has 0 spiro atoms. The van der Waals surface area contributed by atoms with E-state index in [4.69, 9.17) is 0 Å². The van der Waals surface area contributed by atoms with Crippen LogP contribution < -0.4 is 10.5 Å². The molecular formula is C15H19N5O4. The molecule has 1 fully saturated rings. The fraction of sp³-hybridized carbons (Fsp3) is 0.467. The smallest absolute Gasteiger partial charge is 0.293 e. The summed E-state index contributed by atoms with van der Waals surface area (Å²) in [5.74, 6) is 0. The van der Waals surface area contributed by atoms with Crippen LogP contribution in [0.2, 0.25) is 0 Å². The number of nitro benzene ring substituents is 1. The lowest BCUT2D eigenvalue weighted by Crippen LogP contribution is -2.48. The molecule has 1 aliphatic heterocycles. The van der Waals surface area contributed by atoms with Crippen LogP contribution in [0.5, 0.6) is 0 Å². The van der Waals surface area contributed by atoms with E-state index < -0.39 is 16.6 Å². The van der Waals surface area contributed by atoms with Crippen LogP contribution in [0.1, 0.15) is 6.92 Å². The molecule has 9 nitrogen and oxygen atoms in total. The summed E-state index contributed by atoms with van der Waals surface area (Å²) < 4.78 is 0. The van der Waals surface area contributed by atoms with Gasteiger partial charge in [-0.1, -0.05) is 0 Å². The first-order valence-corrected chi connectivity index (χ1v) is 7.77. The first kappa shape index (κ1) is 16.3. The zero-order valence-electron chi connectivity index (χ0n) is 13.3. The number of aliphatic hydroxyl groups is 1. The lowest BCUT2D eigenvalue weighted by atomic mass is 10.1. The van der Waals surface area contributed by atoms with Crippen LogP contribution in [0, 0.1) is 10.1 Å². The van der Waals surface area contributed by atoms with Crippen LogP contribution in [0.25, 0.3) is 10.9 Å². The highest BCUT2D eigenvalue weighted by atomic mass is 16.6. The number of benzene rings is 1. The van der Waals surface area contributed by atoms with E-state index >= 15 is 0 Å². The molecule has 0 radical (unpaired) electrons. The number of rotatable bonds is 4. The second kappa shape index (κ2) is 6.54. The first-order valence-electron chi connectivity index (χ1n) is 7.77. The number of nitrogens with one attached hydrogen (secondary N) is 1. The molecule has 1 saturated heterocycles. The summed E-state index contributed by atoms with van der Waals surface area (Å²) in [6.45, 7) is 4.98. The van der Waals surface area contributed by atoms with E-state index in [0.29, 0.717) is 43.9 Å². The summed E-state index contributed by atoms with van der Waals surface area (Å²) in [5.41, 5.74) is 0.425. The third-order valence-corrected chi connectivity index (χ3v) is 4.17. The van der Waals surface area contributed by atoms with E-state index in [1.807, 2.05) is 4.90 Å². The van der Waals surface area contributed by atoms with E-state index in [-0.39, 0.29) is 11.1 Å². The Morgan fingerprint density at radius 3 is 2.71 bits per heavy atom. The van der Waals surface area contributed by atoms with E-state index in [1.165, 1.54) is 12.4 Å². The van der Waals surface area contributed by atoms with E-state index in [0.717, 1.165) is 0 Å². The molecule has 0 unspecified atom stereocenters. The average Bonchev–Trinajstić information content (AvgIpc) is 2.54. The van der Waals surface area contributed by atoms with Crippen molar-refractivity contribution in [3.8, 4) is 0 Å². The number of nitrogens with zero attached hydrogens (tertiary/aromatic N) is 4. The minimum atomic E-state index is -0.469. The van der Waals surface area contributed by atoms with Gasteiger partial charge in [-0.25, -0.2) is 4.98 Å². The van der Waals surface area contributed by atoms with Crippen molar-refractivity contribution in [2.75, 3.05) is 37.6 Å². The van der Waals surface area contributed by atoms with Crippen LogP contribution in [0.3, 0.4) is 0 Å². The number of piperazine rings is 1. The number of fused-ring (bicyclic) bond motifs is 1. The largest absolute Gasteiger partial charge is 0.392 e. The Kier molecular flexibility index (Phi) is 4.45. The maximum atomic E-state index is 11.8. The molecule has 128 valence electrons. The van der Waals surface area contributed by atoms with Gasteiger partial charge >= 0.3 is 0 Å². The number of hydrogen-bond acceptors (Lipinski definition) is 7. The molecule has 0 bridgehead atoms. The predicted molar refractivity (Wildman–Crippen MR) is 89.4 cm³/mol. The summed E-state index contributed by atoms with van der Waals surface area (Å²) >= 11 is 0. The van der Waals surface area contributed by atoms with Gasteiger partial charge < -0.3 is 15.0 Å². The quantitative estimate of drug-likeness (QED) is 0.612. The zero-order valence-corrected chi connectivity index (χ0v) is 13.3. The lowest BCUT2D eigenvalue weighted by molar-refractivity contribution is -0.384. The molecule has 2 heterocycles. The van der Waals surface area contributed by atoms with Crippen LogP contribution in [-0.2, 0) is 0 Å². The van der Waals surface area contributed by atoms with Gasteiger partial charge in [-0.15, -0.1) is 0 Å². The minimum Gasteiger partial charge on any atom is -0.392 e. The maximum Gasteiger partial charge on any atom is 0.293 e. The average molecular weight is 333 g/mol. The second-order valence-electron chi connectivity index (χ2n) is 5.98. The van der Waals surface area contributed by atoms with E-state index in [9.17, 15) is 20.0 Å². The molecular weight excluding hydrogens is 314 g/mol. The Hall–Kier alpha value is -2.52. The molecule has 1 atom stereocenters. The van der Waals surface area contributed by atoms with Crippen molar-refractivity contribution in [2.45, 2.75) is 13.0 Å². The van der Waals surface area contributed by atoms with Gasteiger partial charge in [0.2, 0.25) is 0 Å². The van der Waals surface area contributed by atoms with Crippen molar-refractivity contribution >= 4 is 22.3 Å². The Bertz CT molecular complexity index is 811. The molecule has 9 heteroatoms. The number of aromatic nitrogens is 2. The summed E-state index contributed by atoms with van der Waals surface area (Å²) in [7, 11) is 0. The normalized spacial score (nSPS) is 17.2. The molecule has 1 aliphatic rings. The zero-order chi connectivity index (χ0) is 17.3.